The molecule has 0 radical (unpaired) electrons. The minimum atomic E-state index is -0.875. The Hall–Kier alpha value is -1.88. The second-order valence-electron chi connectivity index (χ2n) is 10.5. The van der Waals surface area contributed by atoms with Crippen molar-refractivity contribution < 1.29 is 20.1 Å². The van der Waals surface area contributed by atoms with Crippen LogP contribution in [-0.2, 0) is 11.8 Å². The first-order valence-electron chi connectivity index (χ1n) is 12.3. The summed E-state index contributed by atoms with van der Waals surface area (Å²) in [5.74, 6) is 0.733. The van der Waals surface area contributed by atoms with Crippen molar-refractivity contribution in [3.8, 4) is 5.75 Å². The lowest BCUT2D eigenvalue weighted by atomic mass is 9.69. The lowest BCUT2D eigenvalue weighted by Gasteiger charge is -2.34. The van der Waals surface area contributed by atoms with Gasteiger partial charge in [0.2, 0.25) is 0 Å². The van der Waals surface area contributed by atoms with Gasteiger partial charge in [0.1, 0.15) is 18.5 Å². The van der Waals surface area contributed by atoms with E-state index in [0.29, 0.717) is 0 Å². The van der Waals surface area contributed by atoms with Crippen LogP contribution in [0.1, 0.15) is 81.7 Å². The second kappa shape index (κ2) is 11.5. The molecule has 0 heterocycles. The first-order chi connectivity index (χ1) is 15.5. The molecule has 2 atom stereocenters. The molecule has 0 bridgehead atoms. The molecule has 0 saturated carbocycles. The number of benzene rings is 2. The second-order valence-corrected chi connectivity index (χ2v) is 10.5. The van der Waals surface area contributed by atoms with Crippen LogP contribution in [0.5, 0.6) is 5.75 Å². The molecule has 0 unspecified atom stereocenters. The molecule has 0 fully saturated rings. The summed E-state index contributed by atoms with van der Waals surface area (Å²) in [7, 11) is 0. The Kier molecular flexibility index (Phi) is 9.54. The summed E-state index contributed by atoms with van der Waals surface area (Å²) in [5, 5.41) is 29.0. The molecular weight excluding hydrogens is 412 g/mol. The zero-order valence-electron chi connectivity index (χ0n) is 21.6. The predicted molar refractivity (Wildman–Crippen MR) is 136 cm³/mol. The predicted octanol–water partition coefficient (Wildman–Crippen LogP) is 5.48. The minimum absolute atomic E-state index is 0.0773. The maximum atomic E-state index is 10.4. The Morgan fingerprint density at radius 1 is 0.879 bits per heavy atom. The molecule has 2 aromatic rings. The van der Waals surface area contributed by atoms with Crippen LogP contribution in [0.4, 0.5) is 0 Å². The van der Waals surface area contributed by atoms with Gasteiger partial charge in [-0.05, 0) is 78.8 Å². The fraction of sp³-hybridized carbons (Fsp3) is 0.586. The zero-order valence-corrected chi connectivity index (χ0v) is 21.6. The molecule has 2 aromatic carbocycles. The summed E-state index contributed by atoms with van der Waals surface area (Å²) in [4.78, 5) is 0. The van der Waals surface area contributed by atoms with E-state index >= 15 is 0 Å². The highest BCUT2D eigenvalue weighted by Crippen LogP contribution is 2.41. The summed E-state index contributed by atoms with van der Waals surface area (Å²) >= 11 is 0. The number of hydrogen-bond acceptors (Lipinski definition) is 4. The van der Waals surface area contributed by atoms with Gasteiger partial charge in [0.05, 0.1) is 12.7 Å². The third-order valence-electron chi connectivity index (χ3n) is 7.16. The van der Waals surface area contributed by atoms with Crippen LogP contribution in [0.15, 0.2) is 36.4 Å². The van der Waals surface area contributed by atoms with Crippen molar-refractivity contribution in [1.82, 2.24) is 0 Å². The van der Waals surface area contributed by atoms with Crippen LogP contribution in [-0.4, -0.2) is 40.7 Å². The average molecular weight is 457 g/mol. The summed E-state index contributed by atoms with van der Waals surface area (Å²) in [6.45, 7) is 14.7. The normalized spacial score (nSPS) is 14.2. The standard InChI is InChI=1S/C29H44O4/c1-8-29(9-2,24-13-14-26(21(4)17-24)33-19-25(31)18-30)23-12-10-22(20(3)16-23)11-15-27(32)28(5,6)7/h10,12-14,16-17,25,27,30-32H,8-9,11,15,18-19H2,1-7H3/t25-,27-/m0/s1. The van der Waals surface area contributed by atoms with Crippen molar-refractivity contribution in [2.24, 2.45) is 5.41 Å². The molecule has 4 nitrogen and oxygen atoms in total. The van der Waals surface area contributed by atoms with Gasteiger partial charge in [-0.15, -0.1) is 0 Å². The Bertz CT molecular complexity index is 893. The number of aryl methyl sites for hydroxylation is 3. The van der Waals surface area contributed by atoms with Crippen molar-refractivity contribution in [3.05, 3.63) is 64.2 Å². The summed E-state index contributed by atoms with van der Waals surface area (Å²) < 4.78 is 5.70. The van der Waals surface area contributed by atoms with Crippen LogP contribution in [0.3, 0.4) is 0 Å². The first kappa shape index (κ1) is 27.4. The monoisotopic (exact) mass is 456 g/mol. The van der Waals surface area contributed by atoms with E-state index in [4.69, 9.17) is 9.84 Å². The maximum absolute atomic E-state index is 10.4. The summed E-state index contributed by atoms with van der Waals surface area (Å²) in [6, 6.07) is 13.1. The Morgan fingerprint density at radius 2 is 1.45 bits per heavy atom. The molecule has 3 N–H and O–H groups in total. The van der Waals surface area contributed by atoms with Gasteiger partial charge < -0.3 is 20.1 Å². The molecule has 0 aliphatic carbocycles. The molecule has 184 valence electrons. The molecule has 0 spiro atoms. The van der Waals surface area contributed by atoms with Crippen LogP contribution < -0.4 is 4.74 Å². The van der Waals surface area contributed by atoms with Crippen molar-refractivity contribution in [1.29, 1.82) is 0 Å². The lowest BCUT2D eigenvalue weighted by Crippen LogP contribution is -2.27. The third kappa shape index (κ3) is 6.59. The molecule has 0 aliphatic heterocycles. The highest BCUT2D eigenvalue weighted by Gasteiger charge is 2.31. The van der Waals surface area contributed by atoms with Crippen molar-refractivity contribution in [3.63, 3.8) is 0 Å². The number of aliphatic hydroxyl groups excluding tert-OH is 3. The minimum Gasteiger partial charge on any atom is -0.491 e. The third-order valence-corrected chi connectivity index (χ3v) is 7.16. The van der Waals surface area contributed by atoms with Gasteiger partial charge >= 0.3 is 0 Å². The van der Waals surface area contributed by atoms with Gasteiger partial charge in [-0.2, -0.15) is 0 Å². The van der Waals surface area contributed by atoms with E-state index < -0.39 is 6.10 Å². The highest BCUT2D eigenvalue weighted by molar-refractivity contribution is 5.47. The molecule has 2 rings (SSSR count). The number of rotatable bonds is 11. The van der Waals surface area contributed by atoms with Gasteiger partial charge in [0.25, 0.3) is 0 Å². The maximum Gasteiger partial charge on any atom is 0.122 e. The fourth-order valence-electron chi connectivity index (χ4n) is 4.58. The molecular formula is C29H44O4. The van der Waals surface area contributed by atoms with E-state index in [0.717, 1.165) is 37.0 Å². The van der Waals surface area contributed by atoms with Crippen molar-refractivity contribution in [2.45, 2.75) is 91.8 Å². The van der Waals surface area contributed by atoms with E-state index in [9.17, 15) is 10.2 Å². The van der Waals surface area contributed by atoms with Crippen molar-refractivity contribution >= 4 is 0 Å². The van der Waals surface area contributed by atoms with Crippen molar-refractivity contribution in [2.75, 3.05) is 13.2 Å². The average Bonchev–Trinajstić information content (AvgIpc) is 2.78. The summed E-state index contributed by atoms with van der Waals surface area (Å²) in [5.41, 5.74) is 5.97. The quantitative estimate of drug-likeness (QED) is 0.419. The molecule has 0 aliphatic rings. The van der Waals surface area contributed by atoms with Gasteiger partial charge in [-0.3, -0.25) is 0 Å². The number of ether oxygens (including phenoxy) is 1. The Labute approximate surface area is 200 Å². The largest absolute Gasteiger partial charge is 0.491 e. The van der Waals surface area contributed by atoms with E-state index in [2.05, 4.69) is 71.9 Å². The van der Waals surface area contributed by atoms with E-state index in [1.54, 1.807) is 0 Å². The Balaban J connectivity index is 2.31. The molecule has 0 aromatic heterocycles. The van der Waals surface area contributed by atoms with E-state index in [1.165, 1.54) is 22.3 Å². The Morgan fingerprint density at radius 3 is 1.94 bits per heavy atom. The smallest absolute Gasteiger partial charge is 0.122 e. The molecule has 4 heteroatoms. The van der Waals surface area contributed by atoms with E-state index in [-0.39, 0.29) is 30.1 Å². The van der Waals surface area contributed by atoms with Gasteiger partial charge in [-0.25, -0.2) is 0 Å². The van der Waals surface area contributed by atoms with Gasteiger partial charge in [0.15, 0.2) is 0 Å². The molecule has 33 heavy (non-hydrogen) atoms. The molecule has 0 amide bonds. The number of hydrogen-bond donors (Lipinski definition) is 3. The zero-order chi connectivity index (χ0) is 24.8. The topological polar surface area (TPSA) is 69.9 Å². The first-order valence-corrected chi connectivity index (χ1v) is 12.3. The van der Waals surface area contributed by atoms with Crippen LogP contribution in [0.2, 0.25) is 0 Å². The van der Waals surface area contributed by atoms with Crippen LogP contribution in [0, 0.1) is 19.3 Å². The van der Waals surface area contributed by atoms with Crippen LogP contribution in [0.25, 0.3) is 0 Å². The summed E-state index contributed by atoms with van der Waals surface area (Å²) in [6.07, 6.45) is 2.41. The highest BCUT2D eigenvalue weighted by atomic mass is 16.5. The molecule has 0 saturated heterocycles. The fourth-order valence-corrected chi connectivity index (χ4v) is 4.58. The van der Waals surface area contributed by atoms with Crippen LogP contribution >= 0.6 is 0 Å². The van der Waals surface area contributed by atoms with E-state index in [1.807, 2.05) is 13.0 Å². The number of aliphatic hydroxyl groups is 3. The lowest BCUT2D eigenvalue weighted by molar-refractivity contribution is 0.0534. The SMILES string of the molecule is CCC(CC)(c1ccc(CC[C@H](O)C(C)(C)C)c(C)c1)c1ccc(OC[C@@H](O)CO)c(C)c1. The van der Waals surface area contributed by atoms with Gasteiger partial charge in [-0.1, -0.05) is 65.0 Å². The van der Waals surface area contributed by atoms with Gasteiger partial charge in [0, 0.05) is 5.41 Å².